The fourth-order valence-corrected chi connectivity index (χ4v) is 2.44. The minimum atomic E-state index is -0.288. The number of esters is 1. The Morgan fingerprint density at radius 3 is 2.81 bits per heavy atom. The van der Waals surface area contributed by atoms with Crippen LogP contribution in [0.4, 0.5) is 0 Å². The van der Waals surface area contributed by atoms with Gasteiger partial charge < -0.3 is 4.74 Å². The fourth-order valence-electron chi connectivity index (χ4n) is 2.44. The summed E-state index contributed by atoms with van der Waals surface area (Å²) >= 11 is 0. The lowest BCUT2D eigenvalue weighted by molar-refractivity contribution is -0.139. The molecule has 0 bridgehead atoms. The number of methoxy groups -OCH3 is 1. The number of hydrogen-bond donors (Lipinski definition) is 0. The first-order valence-electron chi connectivity index (χ1n) is 6.65. The normalized spacial score (nSPS) is 10.8. The van der Waals surface area contributed by atoms with Gasteiger partial charge in [0.15, 0.2) is 0 Å². The minimum absolute atomic E-state index is 0.176. The van der Waals surface area contributed by atoms with Gasteiger partial charge in [-0.25, -0.2) is 4.68 Å². The molecule has 0 unspecified atom stereocenters. The standard InChI is InChI=1S/C16H15N3O2/c1-11-13(10-15(20)21-2)16(19-9-5-8-17-19)12-6-3-4-7-14(12)18-11/h3-9H,10H2,1-2H3. The smallest absolute Gasteiger partial charge is 0.310 e. The van der Waals surface area contributed by atoms with Crippen LogP contribution in [0.2, 0.25) is 0 Å². The van der Waals surface area contributed by atoms with Crippen LogP contribution < -0.4 is 0 Å². The maximum Gasteiger partial charge on any atom is 0.310 e. The lowest BCUT2D eigenvalue weighted by Gasteiger charge is -2.14. The van der Waals surface area contributed by atoms with Crippen LogP contribution in [-0.2, 0) is 16.0 Å². The Hall–Kier alpha value is -2.69. The molecule has 0 aliphatic carbocycles. The molecule has 0 saturated heterocycles. The number of ether oxygens (including phenoxy) is 1. The third-order valence-electron chi connectivity index (χ3n) is 3.45. The average molecular weight is 281 g/mol. The molecule has 0 aliphatic heterocycles. The zero-order valence-corrected chi connectivity index (χ0v) is 11.9. The second-order valence-corrected chi connectivity index (χ2v) is 4.75. The maximum absolute atomic E-state index is 11.7. The van der Waals surface area contributed by atoms with Crippen molar-refractivity contribution in [1.82, 2.24) is 14.8 Å². The molecule has 3 rings (SSSR count). The molecule has 0 aliphatic rings. The van der Waals surface area contributed by atoms with Crippen LogP contribution in [0.15, 0.2) is 42.7 Å². The van der Waals surface area contributed by atoms with Crippen LogP contribution in [0.25, 0.3) is 16.6 Å². The summed E-state index contributed by atoms with van der Waals surface area (Å²) in [6.45, 7) is 1.90. The van der Waals surface area contributed by atoms with E-state index >= 15 is 0 Å². The predicted octanol–water partition coefficient (Wildman–Crippen LogP) is 2.44. The van der Waals surface area contributed by atoms with Crippen LogP contribution in [0.1, 0.15) is 11.3 Å². The summed E-state index contributed by atoms with van der Waals surface area (Å²) in [7, 11) is 1.39. The van der Waals surface area contributed by atoms with Gasteiger partial charge in [0.05, 0.1) is 24.7 Å². The van der Waals surface area contributed by atoms with Crippen molar-refractivity contribution < 1.29 is 9.53 Å². The summed E-state index contributed by atoms with van der Waals surface area (Å²) in [6.07, 6.45) is 3.75. The molecule has 5 heteroatoms. The van der Waals surface area contributed by atoms with Gasteiger partial charge in [0.1, 0.15) is 0 Å². The number of carbonyl (C=O) groups is 1. The van der Waals surface area contributed by atoms with Crippen molar-refractivity contribution in [2.24, 2.45) is 0 Å². The summed E-state index contributed by atoms with van der Waals surface area (Å²) in [5.41, 5.74) is 3.41. The molecule has 0 amide bonds. The number of aryl methyl sites for hydroxylation is 1. The first-order chi connectivity index (χ1) is 10.2. The zero-order chi connectivity index (χ0) is 14.8. The molecule has 0 fully saturated rings. The quantitative estimate of drug-likeness (QED) is 0.692. The number of rotatable bonds is 3. The summed E-state index contributed by atoms with van der Waals surface area (Å²) in [4.78, 5) is 16.3. The van der Waals surface area contributed by atoms with Crippen LogP contribution in [0.3, 0.4) is 0 Å². The number of hydrogen-bond acceptors (Lipinski definition) is 4. The zero-order valence-electron chi connectivity index (χ0n) is 11.9. The Labute approximate surface area is 122 Å². The van der Waals surface area contributed by atoms with E-state index < -0.39 is 0 Å². The van der Waals surface area contributed by atoms with Crippen molar-refractivity contribution in [2.45, 2.75) is 13.3 Å². The predicted molar refractivity (Wildman–Crippen MR) is 79.3 cm³/mol. The van der Waals surface area contributed by atoms with Gasteiger partial charge in [-0.05, 0) is 19.1 Å². The lowest BCUT2D eigenvalue weighted by Crippen LogP contribution is -2.12. The van der Waals surface area contributed by atoms with Gasteiger partial charge in [0.2, 0.25) is 0 Å². The van der Waals surface area contributed by atoms with Crippen molar-refractivity contribution in [3.63, 3.8) is 0 Å². The second kappa shape index (κ2) is 5.36. The first kappa shape index (κ1) is 13.3. The highest BCUT2D eigenvalue weighted by Gasteiger charge is 2.17. The minimum Gasteiger partial charge on any atom is -0.469 e. The van der Waals surface area contributed by atoms with Crippen molar-refractivity contribution in [1.29, 1.82) is 0 Å². The molecule has 106 valence electrons. The van der Waals surface area contributed by atoms with E-state index in [1.165, 1.54) is 7.11 Å². The number of benzene rings is 1. The second-order valence-electron chi connectivity index (χ2n) is 4.75. The van der Waals surface area contributed by atoms with E-state index in [2.05, 4.69) is 10.1 Å². The van der Waals surface area contributed by atoms with Crippen molar-refractivity contribution >= 4 is 16.9 Å². The van der Waals surface area contributed by atoms with Gasteiger partial charge in [-0.15, -0.1) is 0 Å². The summed E-state index contributed by atoms with van der Waals surface area (Å²) in [5.74, 6) is -0.288. The number of fused-ring (bicyclic) bond motifs is 1. The van der Waals surface area contributed by atoms with Crippen molar-refractivity contribution in [3.8, 4) is 5.69 Å². The van der Waals surface area contributed by atoms with E-state index in [1.807, 2.05) is 43.5 Å². The van der Waals surface area contributed by atoms with E-state index in [1.54, 1.807) is 10.9 Å². The van der Waals surface area contributed by atoms with Gasteiger partial charge in [0, 0.05) is 29.0 Å². The van der Waals surface area contributed by atoms with Gasteiger partial charge in [-0.3, -0.25) is 9.78 Å². The number of aromatic nitrogens is 3. The number of pyridine rings is 1. The SMILES string of the molecule is COC(=O)Cc1c(C)nc2ccccc2c1-n1cccn1. The molecule has 3 aromatic rings. The fraction of sp³-hybridized carbons (Fsp3) is 0.188. The molecular formula is C16H15N3O2. The van der Waals surface area contributed by atoms with E-state index in [-0.39, 0.29) is 12.4 Å². The molecule has 0 saturated carbocycles. The summed E-state index contributed by atoms with van der Waals surface area (Å²) in [5, 5.41) is 5.27. The van der Waals surface area contributed by atoms with Gasteiger partial charge in [-0.2, -0.15) is 5.10 Å². The Balaban J connectivity index is 2.32. The average Bonchev–Trinajstić information content (AvgIpc) is 3.01. The molecule has 2 aromatic heterocycles. The largest absolute Gasteiger partial charge is 0.469 e. The summed E-state index contributed by atoms with van der Waals surface area (Å²) in [6, 6.07) is 9.69. The maximum atomic E-state index is 11.7. The van der Waals surface area contributed by atoms with Crippen molar-refractivity contribution in [2.75, 3.05) is 7.11 Å². The van der Waals surface area contributed by atoms with E-state index in [9.17, 15) is 4.79 Å². The van der Waals surface area contributed by atoms with Crippen LogP contribution in [-0.4, -0.2) is 27.8 Å². The molecule has 5 nitrogen and oxygen atoms in total. The van der Waals surface area contributed by atoms with Gasteiger partial charge in [-0.1, -0.05) is 18.2 Å². The van der Waals surface area contributed by atoms with Crippen molar-refractivity contribution in [3.05, 3.63) is 54.0 Å². The molecular weight excluding hydrogens is 266 g/mol. The molecule has 0 spiro atoms. The number of nitrogens with zero attached hydrogens (tertiary/aromatic N) is 3. The van der Waals surface area contributed by atoms with E-state index in [4.69, 9.17) is 4.74 Å². The van der Waals surface area contributed by atoms with Crippen LogP contribution in [0, 0.1) is 6.92 Å². The molecule has 1 aromatic carbocycles. The Morgan fingerprint density at radius 2 is 2.10 bits per heavy atom. The summed E-state index contributed by atoms with van der Waals surface area (Å²) < 4.78 is 6.57. The molecule has 21 heavy (non-hydrogen) atoms. The van der Waals surface area contributed by atoms with Crippen LogP contribution in [0.5, 0.6) is 0 Å². The highest BCUT2D eigenvalue weighted by atomic mass is 16.5. The number of carbonyl (C=O) groups excluding carboxylic acids is 1. The van der Waals surface area contributed by atoms with Crippen LogP contribution >= 0.6 is 0 Å². The Kier molecular flexibility index (Phi) is 3.39. The van der Waals surface area contributed by atoms with E-state index in [0.29, 0.717) is 0 Å². The molecule has 2 heterocycles. The molecule has 0 radical (unpaired) electrons. The highest BCUT2D eigenvalue weighted by molar-refractivity contribution is 5.90. The first-order valence-corrected chi connectivity index (χ1v) is 6.65. The monoisotopic (exact) mass is 281 g/mol. The Morgan fingerprint density at radius 1 is 1.29 bits per heavy atom. The molecule has 0 N–H and O–H groups in total. The Bertz CT molecular complexity index is 795. The highest BCUT2D eigenvalue weighted by Crippen LogP contribution is 2.27. The topological polar surface area (TPSA) is 57.0 Å². The molecule has 0 atom stereocenters. The van der Waals surface area contributed by atoms with Gasteiger partial charge in [0.25, 0.3) is 0 Å². The van der Waals surface area contributed by atoms with E-state index in [0.717, 1.165) is 27.8 Å². The third kappa shape index (κ3) is 2.38. The third-order valence-corrected chi connectivity index (χ3v) is 3.45. The lowest BCUT2D eigenvalue weighted by atomic mass is 10.0. The number of para-hydroxylation sites is 1. The van der Waals surface area contributed by atoms with Gasteiger partial charge >= 0.3 is 5.97 Å².